The van der Waals surface area contributed by atoms with Crippen LogP contribution >= 0.6 is 0 Å². The van der Waals surface area contributed by atoms with Gasteiger partial charge in [0.1, 0.15) is 11.5 Å². The summed E-state index contributed by atoms with van der Waals surface area (Å²) in [6.45, 7) is 1.65. The van der Waals surface area contributed by atoms with Crippen molar-refractivity contribution in [3.63, 3.8) is 0 Å². The minimum Gasteiger partial charge on any atom is -0.508 e. The molecule has 12 heavy (non-hydrogen) atoms. The van der Waals surface area contributed by atoms with E-state index < -0.39 is 6.10 Å². The maximum absolute atomic E-state index is 9.27. The lowest BCUT2D eigenvalue weighted by molar-refractivity contribution is 0.194. The van der Waals surface area contributed by atoms with E-state index in [2.05, 4.69) is 0 Å². The summed E-state index contributed by atoms with van der Waals surface area (Å²) in [6, 6.07) is 4.34. The van der Waals surface area contributed by atoms with Crippen molar-refractivity contribution in [1.82, 2.24) is 0 Å². The van der Waals surface area contributed by atoms with Gasteiger partial charge in [0.05, 0.1) is 6.10 Å². The number of phenols is 2. The molecule has 0 aliphatic heterocycles. The van der Waals surface area contributed by atoms with Crippen LogP contribution in [0.5, 0.6) is 11.5 Å². The maximum Gasteiger partial charge on any atom is 0.122 e. The molecule has 3 nitrogen and oxygen atoms in total. The Morgan fingerprint density at radius 3 is 2.50 bits per heavy atom. The topological polar surface area (TPSA) is 60.7 Å². The van der Waals surface area contributed by atoms with E-state index in [1.807, 2.05) is 0 Å². The molecule has 1 unspecified atom stereocenters. The van der Waals surface area contributed by atoms with Gasteiger partial charge >= 0.3 is 0 Å². The second kappa shape index (κ2) is 3.45. The highest BCUT2D eigenvalue weighted by molar-refractivity contribution is 5.39. The van der Waals surface area contributed by atoms with Gasteiger partial charge in [-0.15, -0.1) is 0 Å². The fraction of sp³-hybridized carbons (Fsp3) is 0.333. The molecule has 0 heterocycles. The molecule has 0 fully saturated rings. The Morgan fingerprint density at radius 2 is 2.00 bits per heavy atom. The first kappa shape index (κ1) is 8.87. The van der Waals surface area contributed by atoms with Gasteiger partial charge in [0.25, 0.3) is 0 Å². The Balaban J connectivity index is 2.86. The summed E-state index contributed by atoms with van der Waals surface area (Å²) in [4.78, 5) is 0. The first-order valence-corrected chi connectivity index (χ1v) is 3.78. The molecule has 3 N–H and O–H groups in total. The van der Waals surface area contributed by atoms with Gasteiger partial charge in [0, 0.05) is 12.5 Å². The number of benzene rings is 1. The first-order valence-electron chi connectivity index (χ1n) is 3.78. The third kappa shape index (κ3) is 2.13. The summed E-state index contributed by atoms with van der Waals surface area (Å²) in [6.07, 6.45) is -0.0907. The van der Waals surface area contributed by atoms with E-state index >= 15 is 0 Å². The largest absolute Gasteiger partial charge is 0.508 e. The van der Waals surface area contributed by atoms with E-state index in [1.54, 1.807) is 13.0 Å². The molecule has 0 radical (unpaired) electrons. The van der Waals surface area contributed by atoms with E-state index in [0.717, 1.165) is 0 Å². The zero-order chi connectivity index (χ0) is 9.14. The average molecular weight is 168 g/mol. The van der Waals surface area contributed by atoms with Crippen molar-refractivity contribution in [2.24, 2.45) is 0 Å². The van der Waals surface area contributed by atoms with Crippen LogP contribution in [0.15, 0.2) is 18.2 Å². The number of hydrogen-bond acceptors (Lipinski definition) is 3. The predicted molar refractivity (Wildman–Crippen MR) is 45.2 cm³/mol. The van der Waals surface area contributed by atoms with Gasteiger partial charge in [-0.05, 0) is 18.6 Å². The van der Waals surface area contributed by atoms with Crippen molar-refractivity contribution in [3.05, 3.63) is 23.8 Å². The van der Waals surface area contributed by atoms with E-state index in [0.29, 0.717) is 12.0 Å². The van der Waals surface area contributed by atoms with Crippen LogP contribution in [-0.4, -0.2) is 21.4 Å². The van der Waals surface area contributed by atoms with E-state index in [-0.39, 0.29) is 11.5 Å². The van der Waals surface area contributed by atoms with Gasteiger partial charge in [-0.3, -0.25) is 0 Å². The van der Waals surface area contributed by atoms with Crippen LogP contribution in [0.4, 0.5) is 0 Å². The zero-order valence-electron chi connectivity index (χ0n) is 6.86. The van der Waals surface area contributed by atoms with Crippen LogP contribution in [0.2, 0.25) is 0 Å². The fourth-order valence-electron chi connectivity index (χ4n) is 1.04. The summed E-state index contributed by atoms with van der Waals surface area (Å²) in [5.41, 5.74) is 0.641. The summed E-state index contributed by atoms with van der Waals surface area (Å²) >= 11 is 0. The summed E-state index contributed by atoms with van der Waals surface area (Å²) in [5, 5.41) is 27.2. The number of hydrogen-bond donors (Lipinski definition) is 3. The van der Waals surface area contributed by atoms with Crippen molar-refractivity contribution < 1.29 is 15.3 Å². The van der Waals surface area contributed by atoms with E-state index in [1.165, 1.54) is 12.1 Å². The van der Waals surface area contributed by atoms with Gasteiger partial charge in [0.2, 0.25) is 0 Å². The van der Waals surface area contributed by atoms with Crippen LogP contribution in [0.1, 0.15) is 12.5 Å². The van der Waals surface area contributed by atoms with Crippen LogP contribution in [0.3, 0.4) is 0 Å². The SMILES string of the molecule is CC(O)Cc1ccc(O)cc1O. The molecule has 0 aliphatic carbocycles. The van der Waals surface area contributed by atoms with Gasteiger partial charge in [0.15, 0.2) is 0 Å². The highest BCUT2D eigenvalue weighted by Crippen LogP contribution is 2.23. The third-order valence-electron chi connectivity index (χ3n) is 1.58. The van der Waals surface area contributed by atoms with Crippen molar-refractivity contribution in [2.75, 3.05) is 0 Å². The van der Waals surface area contributed by atoms with Crippen molar-refractivity contribution in [2.45, 2.75) is 19.4 Å². The van der Waals surface area contributed by atoms with Crippen LogP contribution in [0, 0.1) is 0 Å². The minimum atomic E-state index is -0.486. The Bertz CT molecular complexity index is 268. The molecule has 3 heteroatoms. The second-order valence-corrected chi connectivity index (χ2v) is 2.87. The monoisotopic (exact) mass is 168 g/mol. The lowest BCUT2D eigenvalue weighted by Gasteiger charge is -2.06. The molecule has 1 rings (SSSR count). The van der Waals surface area contributed by atoms with E-state index in [9.17, 15) is 5.11 Å². The van der Waals surface area contributed by atoms with Crippen LogP contribution in [-0.2, 0) is 6.42 Å². The molecular formula is C9H12O3. The standard InChI is InChI=1S/C9H12O3/c1-6(10)4-7-2-3-8(11)5-9(7)12/h2-3,5-6,10-12H,4H2,1H3. The Morgan fingerprint density at radius 1 is 1.33 bits per heavy atom. The molecule has 1 aromatic rings. The smallest absolute Gasteiger partial charge is 0.122 e. The lowest BCUT2D eigenvalue weighted by atomic mass is 10.1. The van der Waals surface area contributed by atoms with Crippen LogP contribution in [0.25, 0.3) is 0 Å². The lowest BCUT2D eigenvalue weighted by Crippen LogP contribution is -2.03. The number of aliphatic hydroxyl groups excluding tert-OH is 1. The fourth-order valence-corrected chi connectivity index (χ4v) is 1.04. The van der Waals surface area contributed by atoms with E-state index in [4.69, 9.17) is 10.2 Å². The highest BCUT2D eigenvalue weighted by atomic mass is 16.3. The predicted octanol–water partition coefficient (Wildman–Crippen LogP) is 1.02. The third-order valence-corrected chi connectivity index (χ3v) is 1.58. The Kier molecular flexibility index (Phi) is 2.55. The summed E-state index contributed by atoms with van der Waals surface area (Å²) in [5.74, 6) is 0.0535. The second-order valence-electron chi connectivity index (χ2n) is 2.87. The normalized spacial score (nSPS) is 12.8. The maximum atomic E-state index is 9.27. The van der Waals surface area contributed by atoms with Crippen LogP contribution < -0.4 is 0 Å². The van der Waals surface area contributed by atoms with Crippen molar-refractivity contribution >= 4 is 0 Å². The minimum absolute atomic E-state index is 0.0240. The molecule has 1 atom stereocenters. The van der Waals surface area contributed by atoms with Gasteiger partial charge in [-0.1, -0.05) is 6.07 Å². The number of aliphatic hydroxyl groups is 1. The highest BCUT2D eigenvalue weighted by Gasteiger charge is 2.04. The summed E-state index contributed by atoms with van der Waals surface area (Å²) < 4.78 is 0. The van der Waals surface area contributed by atoms with Gasteiger partial charge < -0.3 is 15.3 Å². The Hall–Kier alpha value is -1.22. The first-order chi connectivity index (χ1) is 5.59. The number of phenolic OH excluding ortho intramolecular Hbond substituents is 2. The zero-order valence-corrected chi connectivity index (χ0v) is 6.86. The average Bonchev–Trinajstić information content (AvgIpc) is 1.94. The molecule has 0 saturated heterocycles. The van der Waals surface area contributed by atoms with Gasteiger partial charge in [-0.2, -0.15) is 0 Å². The molecule has 66 valence electrons. The Labute approximate surface area is 70.9 Å². The molecule has 0 amide bonds. The van der Waals surface area contributed by atoms with Crippen molar-refractivity contribution in [1.29, 1.82) is 0 Å². The molecule has 0 spiro atoms. The number of rotatable bonds is 2. The quantitative estimate of drug-likeness (QED) is 0.618. The van der Waals surface area contributed by atoms with Crippen molar-refractivity contribution in [3.8, 4) is 11.5 Å². The summed E-state index contributed by atoms with van der Waals surface area (Å²) in [7, 11) is 0. The molecule has 0 aromatic heterocycles. The number of aromatic hydroxyl groups is 2. The van der Waals surface area contributed by atoms with Gasteiger partial charge in [-0.25, -0.2) is 0 Å². The molecule has 0 aliphatic rings. The molecule has 1 aromatic carbocycles. The molecule has 0 bridgehead atoms. The molecular weight excluding hydrogens is 156 g/mol. The molecule has 0 saturated carbocycles.